The summed E-state index contributed by atoms with van der Waals surface area (Å²) in [7, 11) is 0. The highest BCUT2D eigenvalue weighted by atomic mass is 16.5. The Kier molecular flexibility index (Phi) is 8.06. The van der Waals surface area contributed by atoms with E-state index in [1.54, 1.807) is 0 Å². The lowest BCUT2D eigenvalue weighted by atomic mass is 9.63. The fraction of sp³-hybridized carbons (Fsp3) is 0.647. The lowest BCUT2D eigenvalue weighted by Crippen LogP contribution is -2.43. The van der Waals surface area contributed by atoms with E-state index < -0.39 is 17.7 Å². The van der Waals surface area contributed by atoms with Crippen LogP contribution in [0.4, 0.5) is 5.69 Å². The first kappa shape index (κ1) is 29.1. The Morgan fingerprint density at radius 3 is 2.15 bits per heavy atom. The van der Waals surface area contributed by atoms with Gasteiger partial charge in [-0.3, -0.25) is 9.88 Å². The summed E-state index contributed by atoms with van der Waals surface area (Å²) in [4.78, 5) is 23.1. The molecule has 1 N–H and O–H groups in total. The minimum absolute atomic E-state index is 0.272. The first-order valence-electron chi connectivity index (χ1n) is 15.3. The first-order chi connectivity index (χ1) is 18.9. The molecule has 3 fully saturated rings. The highest BCUT2D eigenvalue weighted by Crippen LogP contribution is 2.50. The highest BCUT2D eigenvalue weighted by Gasteiger charge is 2.40. The van der Waals surface area contributed by atoms with Crippen LogP contribution in [0.2, 0.25) is 0 Å². The molecule has 0 unspecified atom stereocenters. The SMILES string of the molecule is Cc1nc(CN2CCC3(CCC3)CC2)c(-c2ccccc2)c(N2CCC(C)(C)CC2)c1[C@H](OC(C)(C)C)C(=O)O. The monoisotopic (exact) mass is 547 g/mol. The minimum atomic E-state index is -1.09. The van der Waals surface area contributed by atoms with Crippen LogP contribution in [0.15, 0.2) is 30.3 Å². The summed E-state index contributed by atoms with van der Waals surface area (Å²) in [5.41, 5.74) is 5.95. The number of benzene rings is 1. The number of carbonyl (C=O) groups is 1. The third-order valence-corrected chi connectivity index (χ3v) is 9.63. The lowest BCUT2D eigenvalue weighted by molar-refractivity contribution is -0.160. The normalized spacial score (nSPS) is 21.7. The second-order valence-electron chi connectivity index (χ2n) is 14.4. The molecule has 0 amide bonds. The van der Waals surface area contributed by atoms with Gasteiger partial charge in [0.2, 0.25) is 0 Å². The van der Waals surface area contributed by atoms with Gasteiger partial charge in [0.05, 0.1) is 17.0 Å². The number of pyridine rings is 1. The van der Waals surface area contributed by atoms with E-state index in [9.17, 15) is 9.90 Å². The van der Waals surface area contributed by atoms with Crippen molar-refractivity contribution in [3.63, 3.8) is 0 Å². The molecule has 0 bridgehead atoms. The van der Waals surface area contributed by atoms with Crippen LogP contribution in [0.5, 0.6) is 0 Å². The maximum absolute atomic E-state index is 12.8. The molecule has 1 spiro atoms. The van der Waals surface area contributed by atoms with Gasteiger partial charge in [-0.2, -0.15) is 0 Å². The van der Waals surface area contributed by atoms with E-state index in [0.29, 0.717) is 11.0 Å². The fourth-order valence-electron chi connectivity index (χ4n) is 6.92. The number of aromatic nitrogens is 1. The average Bonchev–Trinajstić information content (AvgIpc) is 2.87. The average molecular weight is 548 g/mol. The number of rotatable bonds is 7. The number of aliphatic carboxylic acids is 1. The molecule has 6 nitrogen and oxygen atoms in total. The maximum atomic E-state index is 12.8. The van der Waals surface area contributed by atoms with Crippen LogP contribution in [0, 0.1) is 17.8 Å². The van der Waals surface area contributed by atoms with Crippen molar-refractivity contribution >= 4 is 11.7 Å². The fourth-order valence-corrected chi connectivity index (χ4v) is 6.92. The Labute approximate surface area is 241 Å². The molecule has 218 valence electrons. The van der Waals surface area contributed by atoms with E-state index in [1.165, 1.54) is 32.1 Å². The Morgan fingerprint density at radius 2 is 1.62 bits per heavy atom. The van der Waals surface area contributed by atoms with Gasteiger partial charge in [-0.05, 0) is 95.7 Å². The highest BCUT2D eigenvalue weighted by molar-refractivity contribution is 5.88. The maximum Gasteiger partial charge on any atom is 0.337 e. The molecule has 1 aromatic heterocycles. The molecule has 5 rings (SSSR count). The number of hydrogen-bond acceptors (Lipinski definition) is 5. The molecule has 2 aromatic rings. The molecule has 1 aliphatic carbocycles. The number of carboxylic acids is 1. The van der Waals surface area contributed by atoms with Gasteiger partial charge >= 0.3 is 5.97 Å². The number of anilines is 1. The summed E-state index contributed by atoms with van der Waals surface area (Å²) in [5, 5.41) is 10.5. The Bertz CT molecular complexity index is 1190. The minimum Gasteiger partial charge on any atom is -0.479 e. The zero-order chi connectivity index (χ0) is 28.7. The Morgan fingerprint density at radius 1 is 1.00 bits per heavy atom. The van der Waals surface area contributed by atoms with Gasteiger partial charge in [0.15, 0.2) is 6.10 Å². The van der Waals surface area contributed by atoms with Crippen LogP contribution in [-0.2, 0) is 16.1 Å². The van der Waals surface area contributed by atoms with Crippen molar-refractivity contribution in [2.24, 2.45) is 10.8 Å². The van der Waals surface area contributed by atoms with E-state index in [1.807, 2.05) is 33.8 Å². The first-order valence-corrected chi connectivity index (χ1v) is 15.3. The van der Waals surface area contributed by atoms with Gasteiger partial charge in [-0.1, -0.05) is 50.6 Å². The van der Waals surface area contributed by atoms with Gasteiger partial charge in [0.1, 0.15) is 0 Å². The molecular formula is C34H49N3O3. The van der Waals surface area contributed by atoms with Crippen LogP contribution in [0.3, 0.4) is 0 Å². The molecule has 0 radical (unpaired) electrons. The van der Waals surface area contributed by atoms with Crippen molar-refractivity contribution in [3.8, 4) is 11.1 Å². The van der Waals surface area contributed by atoms with E-state index in [4.69, 9.17) is 9.72 Å². The van der Waals surface area contributed by atoms with Crippen molar-refractivity contribution in [1.82, 2.24) is 9.88 Å². The molecule has 2 aliphatic heterocycles. The summed E-state index contributed by atoms with van der Waals surface area (Å²) < 4.78 is 6.28. The summed E-state index contributed by atoms with van der Waals surface area (Å²) in [6, 6.07) is 10.5. The Hall–Kier alpha value is -2.44. The van der Waals surface area contributed by atoms with Crippen molar-refractivity contribution in [3.05, 3.63) is 47.3 Å². The summed E-state index contributed by atoms with van der Waals surface area (Å²) in [5.74, 6) is -0.966. The van der Waals surface area contributed by atoms with Crippen molar-refractivity contribution in [2.45, 2.75) is 105 Å². The predicted octanol–water partition coefficient (Wildman–Crippen LogP) is 7.39. The molecule has 1 atom stereocenters. The quantitative estimate of drug-likeness (QED) is 0.390. The topological polar surface area (TPSA) is 65.9 Å². The van der Waals surface area contributed by atoms with Gasteiger partial charge < -0.3 is 14.7 Å². The van der Waals surface area contributed by atoms with E-state index in [0.717, 1.165) is 73.8 Å². The second-order valence-corrected chi connectivity index (χ2v) is 14.4. The van der Waals surface area contributed by atoms with Crippen LogP contribution < -0.4 is 4.90 Å². The lowest BCUT2D eigenvalue weighted by Gasteiger charge is -2.48. The largest absolute Gasteiger partial charge is 0.479 e. The molecule has 1 aromatic carbocycles. The molecule has 3 heterocycles. The number of carboxylic acid groups (broad SMARTS) is 1. The molecule has 1 saturated carbocycles. The van der Waals surface area contributed by atoms with Crippen molar-refractivity contribution in [1.29, 1.82) is 0 Å². The standard InChI is InChI=1S/C34H49N3O3/c1-24-27(30(31(38)39)40-32(2,3)4)29(37-21-15-33(5,6)16-22-37)28(25-11-8-7-9-12-25)26(35-24)23-36-19-17-34(18-20-36)13-10-14-34/h7-9,11-12,30H,10,13-23H2,1-6H3,(H,38,39)/t30-/m0/s1. The number of piperidine rings is 2. The Balaban J connectivity index is 1.65. The molecular weight excluding hydrogens is 498 g/mol. The van der Waals surface area contributed by atoms with Crippen LogP contribution in [0.1, 0.15) is 103 Å². The van der Waals surface area contributed by atoms with Crippen LogP contribution in [-0.4, -0.2) is 52.7 Å². The molecule has 2 saturated heterocycles. The van der Waals surface area contributed by atoms with E-state index in [2.05, 4.69) is 47.9 Å². The molecule has 6 heteroatoms. The van der Waals surface area contributed by atoms with Crippen molar-refractivity contribution in [2.75, 3.05) is 31.1 Å². The summed E-state index contributed by atoms with van der Waals surface area (Å²) in [6.45, 7) is 17.2. The molecule has 40 heavy (non-hydrogen) atoms. The third kappa shape index (κ3) is 6.23. The number of likely N-dealkylation sites (tertiary alicyclic amines) is 1. The third-order valence-electron chi connectivity index (χ3n) is 9.63. The smallest absolute Gasteiger partial charge is 0.337 e. The predicted molar refractivity (Wildman–Crippen MR) is 162 cm³/mol. The van der Waals surface area contributed by atoms with Crippen molar-refractivity contribution < 1.29 is 14.6 Å². The van der Waals surface area contributed by atoms with E-state index >= 15 is 0 Å². The number of aryl methyl sites for hydroxylation is 1. The van der Waals surface area contributed by atoms with Gasteiger partial charge in [0, 0.05) is 36.5 Å². The number of nitrogens with zero attached hydrogens (tertiary/aromatic N) is 3. The van der Waals surface area contributed by atoms with Crippen LogP contribution in [0.25, 0.3) is 11.1 Å². The van der Waals surface area contributed by atoms with Crippen LogP contribution >= 0.6 is 0 Å². The van der Waals surface area contributed by atoms with Gasteiger partial charge in [0.25, 0.3) is 0 Å². The van der Waals surface area contributed by atoms with E-state index in [-0.39, 0.29) is 5.41 Å². The summed E-state index contributed by atoms with van der Waals surface area (Å²) in [6.07, 6.45) is 7.75. The zero-order valence-electron chi connectivity index (χ0n) is 25.6. The number of hydrogen-bond donors (Lipinski definition) is 1. The zero-order valence-corrected chi connectivity index (χ0v) is 25.6. The molecule has 3 aliphatic rings. The number of ether oxygens (including phenoxy) is 1. The van der Waals surface area contributed by atoms with Gasteiger partial charge in [-0.25, -0.2) is 4.79 Å². The summed E-state index contributed by atoms with van der Waals surface area (Å²) >= 11 is 0. The van der Waals surface area contributed by atoms with Gasteiger partial charge in [-0.15, -0.1) is 0 Å². The second kappa shape index (κ2) is 11.1.